The van der Waals surface area contributed by atoms with E-state index in [0.717, 1.165) is 6.42 Å². The van der Waals surface area contributed by atoms with E-state index in [4.69, 9.17) is 11.6 Å². The number of halogens is 1. The van der Waals surface area contributed by atoms with E-state index in [-0.39, 0.29) is 27.4 Å². The molecule has 0 aliphatic heterocycles. The summed E-state index contributed by atoms with van der Waals surface area (Å²) in [6.07, 6.45) is 0.788. The van der Waals surface area contributed by atoms with Crippen molar-refractivity contribution >= 4 is 27.5 Å². The molecule has 1 amide bonds. The van der Waals surface area contributed by atoms with Crippen molar-refractivity contribution in [3.05, 3.63) is 28.8 Å². The van der Waals surface area contributed by atoms with Gasteiger partial charge in [0.1, 0.15) is 4.90 Å². The quantitative estimate of drug-likeness (QED) is 0.860. The first-order valence-electron chi connectivity index (χ1n) is 7.10. The van der Waals surface area contributed by atoms with Crippen molar-refractivity contribution in [1.29, 1.82) is 0 Å². The second-order valence-corrected chi connectivity index (χ2v) is 8.34. The molecule has 0 aliphatic rings. The smallest absolute Gasteiger partial charge is 0.251 e. The van der Waals surface area contributed by atoms with Crippen LogP contribution in [0.25, 0.3) is 0 Å². The van der Waals surface area contributed by atoms with Crippen LogP contribution in [0, 0.1) is 0 Å². The summed E-state index contributed by atoms with van der Waals surface area (Å²) in [4.78, 5) is 12.0. The molecule has 5 nitrogen and oxygen atoms in total. The minimum absolute atomic E-state index is 0.0101. The summed E-state index contributed by atoms with van der Waals surface area (Å²) in [6.45, 7) is 9.04. The second-order valence-electron chi connectivity index (χ2n) is 6.28. The Morgan fingerprint density at radius 2 is 1.91 bits per heavy atom. The SMILES string of the molecule is CCC(C)NC(=O)c1ccc(Cl)c(S(=O)(=O)NC(C)(C)C)c1. The maximum absolute atomic E-state index is 12.4. The average Bonchev–Trinajstić information content (AvgIpc) is 2.35. The van der Waals surface area contributed by atoms with Gasteiger partial charge < -0.3 is 5.32 Å². The van der Waals surface area contributed by atoms with E-state index in [9.17, 15) is 13.2 Å². The van der Waals surface area contributed by atoms with Crippen LogP contribution in [-0.4, -0.2) is 25.9 Å². The van der Waals surface area contributed by atoms with Crippen molar-refractivity contribution in [2.45, 2.75) is 57.5 Å². The van der Waals surface area contributed by atoms with Gasteiger partial charge in [-0.2, -0.15) is 0 Å². The molecule has 0 saturated heterocycles. The summed E-state index contributed by atoms with van der Waals surface area (Å²) in [7, 11) is -3.80. The Morgan fingerprint density at radius 3 is 2.41 bits per heavy atom. The van der Waals surface area contributed by atoms with Gasteiger partial charge in [-0.25, -0.2) is 13.1 Å². The predicted octanol–water partition coefficient (Wildman–Crippen LogP) is 2.95. The normalized spacial score (nSPS) is 13.7. The molecule has 1 aromatic carbocycles. The van der Waals surface area contributed by atoms with Crippen LogP contribution in [0.2, 0.25) is 5.02 Å². The Hall–Kier alpha value is -1.11. The lowest BCUT2D eigenvalue weighted by Gasteiger charge is -2.21. The van der Waals surface area contributed by atoms with Crippen LogP contribution in [-0.2, 0) is 10.0 Å². The molecule has 7 heteroatoms. The molecule has 124 valence electrons. The number of carbonyl (C=O) groups excluding carboxylic acids is 1. The van der Waals surface area contributed by atoms with E-state index in [1.165, 1.54) is 18.2 Å². The van der Waals surface area contributed by atoms with Gasteiger partial charge in [0.05, 0.1) is 5.02 Å². The van der Waals surface area contributed by atoms with Crippen molar-refractivity contribution in [2.24, 2.45) is 0 Å². The minimum Gasteiger partial charge on any atom is -0.350 e. The number of amides is 1. The van der Waals surface area contributed by atoms with Crippen molar-refractivity contribution in [1.82, 2.24) is 10.0 Å². The number of carbonyl (C=O) groups is 1. The molecule has 0 spiro atoms. The van der Waals surface area contributed by atoms with E-state index in [2.05, 4.69) is 10.0 Å². The highest BCUT2D eigenvalue weighted by Crippen LogP contribution is 2.24. The minimum atomic E-state index is -3.80. The van der Waals surface area contributed by atoms with E-state index in [1.807, 2.05) is 13.8 Å². The van der Waals surface area contributed by atoms with Gasteiger partial charge in [0.2, 0.25) is 10.0 Å². The zero-order valence-corrected chi connectivity index (χ0v) is 15.1. The van der Waals surface area contributed by atoms with Crippen molar-refractivity contribution in [3.8, 4) is 0 Å². The van der Waals surface area contributed by atoms with Gasteiger partial charge in [-0.3, -0.25) is 4.79 Å². The summed E-state index contributed by atoms with van der Waals surface area (Å²) in [5, 5.41) is 2.88. The number of hydrogen-bond donors (Lipinski definition) is 2. The Morgan fingerprint density at radius 1 is 1.32 bits per heavy atom. The maximum atomic E-state index is 12.4. The molecule has 0 aromatic heterocycles. The number of rotatable bonds is 5. The molecule has 1 rings (SSSR count). The molecular weight excluding hydrogens is 324 g/mol. The van der Waals surface area contributed by atoms with Crippen molar-refractivity contribution < 1.29 is 13.2 Å². The van der Waals surface area contributed by atoms with E-state index >= 15 is 0 Å². The Labute approximate surface area is 137 Å². The van der Waals surface area contributed by atoms with Crippen LogP contribution in [0.4, 0.5) is 0 Å². The largest absolute Gasteiger partial charge is 0.350 e. The molecule has 0 fully saturated rings. The van der Waals surface area contributed by atoms with Gasteiger partial charge in [0.25, 0.3) is 5.91 Å². The van der Waals surface area contributed by atoms with E-state index < -0.39 is 15.6 Å². The monoisotopic (exact) mass is 346 g/mol. The summed E-state index contributed by atoms with van der Waals surface area (Å²) in [6, 6.07) is 4.24. The van der Waals surface area contributed by atoms with E-state index in [0.29, 0.717) is 0 Å². The number of hydrogen-bond acceptors (Lipinski definition) is 3. The lowest BCUT2D eigenvalue weighted by atomic mass is 10.1. The third-order valence-electron chi connectivity index (χ3n) is 2.91. The zero-order valence-electron chi connectivity index (χ0n) is 13.5. The summed E-state index contributed by atoms with van der Waals surface area (Å²) in [5.74, 6) is -0.321. The maximum Gasteiger partial charge on any atom is 0.251 e. The van der Waals surface area contributed by atoms with Crippen molar-refractivity contribution in [3.63, 3.8) is 0 Å². The zero-order chi connectivity index (χ0) is 17.1. The van der Waals surface area contributed by atoms with Gasteiger partial charge in [-0.1, -0.05) is 18.5 Å². The molecule has 0 radical (unpaired) electrons. The summed E-state index contributed by atoms with van der Waals surface area (Å²) >= 11 is 6.00. The molecular formula is C15H23ClN2O3S. The topological polar surface area (TPSA) is 75.3 Å². The van der Waals surface area contributed by atoms with Gasteiger partial charge in [-0.05, 0) is 52.3 Å². The summed E-state index contributed by atoms with van der Waals surface area (Å²) < 4.78 is 27.3. The average molecular weight is 347 g/mol. The second kappa shape index (κ2) is 6.98. The highest BCUT2D eigenvalue weighted by atomic mass is 35.5. The molecule has 1 unspecified atom stereocenters. The van der Waals surface area contributed by atoms with Crippen LogP contribution >= 0.6 is 11.6 Å². The lowest BCUT2D eigenvalue weighted by Crippen LogP contribution is -2.40. The molecule has 1 atom stereocenters. The lowest BCUT2D eigenvalue weighted by molar-refractivity contribution is 0.0939. The molecule has 2 N–H and O–H groups in total. The summed E-state index contributed by atoms with van der Waals surface area (Å²) in [5.41, 5.74) is -0.379. The van der Waals surface area contributed by atoms with Crippen LogP contribution in [0.1, 0.15) is 51.4 Å². The van der Waals surface area contributed by atoms with Gasteiger partial charge >= 0.3 is 0 Å². The highest BCUT2D eigenvalue weighted by Gasteiger charge is 2.25. The number of sulfonamides is 1. The van der Waals surface area contributed by atoms with E-state index in [1.54, 1.807) is 20.8 Å². The number of benzene rings is 1. The Bertz CT molecular complexity index is 651. The van der Waals surface area contributed by atoms with Crippen LogP contribution in [0.3, 0.4) is 0 Å². The highest BCUT2D eigenvalue weighted by molar-refractivity contribution is 7.89. The third-order valence-corrected chi connectivity index (χ3v) is 5.15. The Kier molecular flexibility index (Phi) is 6.01. The van der Waals surface area contributed by atoms with Crippen LogP contribution < -0.4 is 10.0 Å². The molecule has 0 aliphatic carbocycles. The third kappa shape index (κ3) is 5.26. The number of nitrogens with one attached hydrogen (secondary N) is 2. The first kappa shape index (κ1) is 18.9. The molecule has 0 bridgehead atoms. The van der Waals surface area contributed by atoms with Crippen LogP contribution in [0.5, 0.6) is 0 Å². The molecule has 0 heterocycles. The molecule has 0 saturated carbocycles. The molecule has 1 aromatic rings. The molecule has 22 heavy (non-hydrogen) atoms. The first-order chi connectivity index (χ1) is 9.96. The fourth-order valence-electron chi connectivity index (χ4n) is 1.72. The fraction of sp³-hybridized carbons (Fsp3) is 0.533. The first-order valence-corrected chi connectivity index (χ1v) is 8.97. The Balaban J connectivity index is 3.18. The fourth-order valence-corrected chi connectivity index (χ4v) is 3.66. The van der Waals surface area contributed by atoms with Crippen molar-refractivity contribution in [2.75, 3.05) is 0 Å². The van der Waals surface area contributed by atoms with Gasteiger partial charge in [-0.15, -0.1) is 0 Å². The standard InChI is InChI=1S/C15H23ClN2O3S/c1-6-10(2)17-14(19)11-7-8-12(16)13(9-11)22(20,21)18-15(3,4)5/h7-10,18H,6H2,1-5H3,(H,17,19). The van der Waals surface area contributed by atoms with Crippen LogP contribution in [0.15, 0.2) is 23.1 Å². The van der Waals surface area contributed by atoms with Gasteiger partial charge in [0.15, 0.2) is 0 Å². The van der Waals surface area contributed by atoms with Gasteiger partial charge in [0, 0.05) is 17.1 Å². The predicted molar refractivity (Wildman–Crippen MR) is 88.7 cm³/mol.